The average molecular weight is 690 g/mol. The summed E-state index contributed by atoms with van der Waals surface area (Å²) in [4.78, 5) is 14.9. The number of benzene rings is 7. The predicted molar refractivity (Wildman–Crippen MR) is 230 cm³/mol. The third kappa shape index (κ3) is 5.35. The summed E-state index contributed by atoms with van der Waals surface area (Å²) in [5.41, 5.74) is 9.44. The van der Waals surface area contributed by atoms with E-state index in [9.17, 15) is 0 Å². The van der Waals surface area contributed by atoms with E-state index in [1.165, 1.54) is 10.8 Å². The Morgan fingerprint density at radius 1 is 0.382 bits per heavy atom. The van der Waals surface area contributed by atoms with E-state index in [1.54, 1.807) is 0 Å². The molecule has 10 rings (SSSR count). The third-order valence-corrected chi connectivity index (χ3v) is 10.3. The number of furan rings is 1. The molecule has 0 aliphatic rings. The first-order valence-electron chi connectivity index (χ1n) is 17.7. The molecule has 5 nitrogen and oxygen atoms in total. The van der Waals surface area contributed by atoms with E-state index in [-0.39, 0.29) is 27.3 Å². The fourth-order valence-electron chi connectivity index (χ4n) is 7.57. The number of hydrogen-bond donors (Lipinski definition) is 0. The highest BCUT2D eigenvalue weighted by atomic mass is 16.3. The lowest BCUT2D eigenvalue weighted by Crippen LogP contribution is -2.55. The van der Waals surface area contributed by atoms with Crippen molar-refractivity contribution in [1.29, 1.82) is 0 Å². The summed E-state index contributed by atoms with van der Waals surface area (Å²) in [6, 6.07) is 46.8. The van der Waals surface area contributed by atoms with E-state index in [2.05, 4.69) is 71.3 Å². The van der Waals surface area contributed by atoms with Crippen molar-refractivity contribution < 1.29 is 4.42 Å². The number of aromatic nitrogens is 4. The molecule has 0 spiro atoms. The third-order valence-electron chi connectivity index (χ3n) is 10.3. The number of rotatable bonds is 5. The topological polar surface area (TPSA) is 56.7 Å². The van der Waals surface area contributed by atoms with Crippen molar-refractivity contribution in [1.82, 2.24) is 19.5 Å². The molecule has 10 heteroatoms. The van der Waals surface area contributed by atoms with Gasteiger partial charge < -0.3 is 8.98 Å². The molecule has 244 valence electrons. The van der Waals surface area contributed by atoms with Crippen LogP contribution >= 0.6 is 0 Å². The molecule has 7 aromatic carbocycles. The van der Waals surface area contributed by atoms with Gasteiger partial charge in [-0.25, -0.2) is 15.0 Å². The summed E-state index contributed by atoms with van der Waals surface area (Å²) in [6.07, 6.45) is 0. The lowest BCUT2D eigenvalue weighted by Gasteiger charge is -2.21. The number of hydrogen-bond acceptors (Lipinski definition) is 4. The van der Waals surface area contributed by atoms with E-state index >= 15 is 0 Å². The fourth-order valence-corrected chi connectivity index (χ4v) is 7.57. The Labute approximate surface area is 323 Å². The second kappa shape index (κ2) is 12.8. The zero-order chi connectivity index (χ0) is 37.4. The van der Waals surface area contributed by atoms with Crippen molar-refractivity contribution in [3.63, 3.8) is 0 Å². The van der Waals surface area contributed by atoms with E-state index in [0.29, 0.717) is 34.2 Å². The molecule has 0 atom stereocenters. The largest absolute Gasteiger partial charge is 0.456 e. The van der Waals surface area contributed by atoms with Crippen LogP contribution < -0.4 is 27.3 Å². The molecule has 3 aromatic heterocycles. The van der Waals surface area contributed by atoms with Gasteiger partial charge in [-0.3, -0.25) is 0 Å². The van der Waals surface area contributed by atoms with Crippen molar-refractivity contribution in [3.8, 4) is 51.0 Å². The normalized spacial score (nSPS) is 11.6. The van der Waals surface area contributed by atoms with Gasteiger partial charge in [0, 0.05) is 43.9 Å². The lowest BCUT2D eigenvalue weighted by molar-refractivity contribution is 0.669. The Balaban J connectivity index is 1.10. The van der Waals surface area contributed by atoms with E-state index in [0.717, 1.165) is 49.8 Å². The Morgan fingerprint density at radius 2 is 0.927 bits per heavy atom. The maximum absolute atomic E-state index is 6.47. The second-order valence-corrected chi connectivity index (χ2v) is 13.6. The molecule has 0 saturated carbocycles. The van der Waals surface area contributed by atoms with Gasteiger partial charge in [0.1, 0.15) is 50.4 Å². The van der Waals surface area contributed by atoms with Crippen LogP contribution in [-0.2, 0) is 0 Å². The van der Waals surface area contributed by atoms with Crippen LogP contribution in [0.1, 0.15) is 0 Å². The van der Waals surface area contributed by atoms with Crippen LogP contribution in [0.15, 0.2) is 144 Å². The van der Waals surface area contributed by atoms with Gasteiger partial charge in [-0.1, -0.05) is 102 Å². The first-order chi connectivity index (χ1) is 26.8. The molecular weight excluding hydrogens is 667 g/mol. The summed E-state index contributed by atoms with van der Waals surface area (Å²) >= 11 is 0. The van der Waals surface area contributed by atoms with Gasteiger partial charge >= 0.3 is 0 Å². The first-order valence-corrected chi connectivity index (χ1v) is 17.7. The Morgan fingerprint density at radius 3 is 1.60 bits per heavy atom. The molecule has 0 saturated heterocycles. The van der Waals surface area contributed by atoms with Crippen LogP contribution in [-0.4, -0.2) is 58.8 Å². The highest BCUT2D eigenvalue weighted by Gasteiger charge is 2.18. The van der Waals surface area contributed by atoms with Gasteiger partial charge in [-0.15, -0.1) is 16.4 Å². The van der Waals surface area contributed by atoms with Crippen molar-refractivity contribution in [3.05, 3.63) is 140 Å². The maximum atomic E-state index is 6.47. The van der Waals surface area contributed by atoms with Crippen LogP contribution in [0.3, 0.4) is 0 Å². The number of para-hydroxylation sites is 2. The Hall–Kier alpha value is -6.53. The van der Waals surface area contributed by atoms with Crippen LogP contribution in [0.2, 0.25) is 0 Å². The molecule has 10 aromatic rings. The van der Waals surface area contributed by atoms with Crippen molar-refractivity contribution in [2.45, 2.75) is 0 Å². The van der Waals surface area contributed by atoms with E-state index in [1.807, 2.05) is 72.8 Å². The Bertz CT molecular complexity index is 3090. The molecule has 0 aliphatic carbocycles. The predicted octanol–water partition coefficient (Wildman–Crippen LogP) is 5.51. The molecule has 0 unspecified atom stereocenters. The van der Waals surface area contributed by atoms with Crippen molar-refractivity contribution >= 4 is 110 Å². The van der Waals surface area contributed by atoms with Crippen LogP contribution in [0.4, 0.5) is 0 Å². The van der Waals surface area contributed by atoms with Gasteiger partial charge in [0.2, 0.25) is 0 Å². The quantitative estimate of drug-likeness (QED) is 0.224. The monoisotopic (exact) mass is 690 g/mol. The fraction of sp³-hybridized carbons (Fsp3) is 0. The van der Waals surface area contributed by atoms with Gasteiger partial charge in [-0.2, -0.15) is 0 Å². The second-order valence-electron chi connectivity index (χ2n) is 13.6. The minimum Gasteiger partial charge on any atom is -0.456 e. The first kappa shape index (κ1) is 33.1. The maximum Gasteiger partial charge on any atom is 0.164 e. The summed E-state index contributed by atoms with van der Waals surface area (Å²) in [5.74, 6) is 1.47. The zero-order valence-corrected chi connectivity index (χ0v) is 29.4. The average Bonchev–Trinajstić information content (AvgIpc) is 3.77. The summed E-state index contributed by atoms with van der Waals surface area (Å²) in [6.45, 7) is 0. The molecule has 10 radical (unpaired) electrons. The van der Waals surface area contributed by atoms with E-state index in [4.69, 9.17) is 58.6 Å². The van der Waals surface area contributed by atoms with Crippen LogP contribution in [0.25, 0.3) is 94.7 Å². The number of nitrogens with zero attached hydrogens (tertiary/aromatic N) is 4. The smallest absolute Gasteiger partial charge is 0.164 e. The summed E-state index contributed by atoms with van der Waals surface area (Å²) in [7, 11) is 31.4. The van der Waals surface area contributed by atoms with Crippen molar-refractivity contribution in [2.24, 2.45) is 0 Å². The molecule has 55 heavy (non-hydrogen) atoms. The standard InChI is InChI=1S/C45H23B5N4O/c46-38-37(39(47)41(49)42(50)40(38)48)25-11-8-12-26(21-25)44-51-43(24-9-2-1-3-10-24)52-45(53-44)27-17-19-31-32-23-28(18-20-35(32)55-36(31)22-27)54-33-15-6-4-13-29(33)30-14-5-7-16-34(30)54/h1-23H. The molecule has 0 bridgehead atoms. The molecule has 0 aliphatic heterocycles. The highest BCUT2D eigenvalue weighted by molar-refractivity contribution is 6.68. The molecule has 3 heterocycles. The minimum atomic E-state index is 0.162. The summed E-state index contributed by atoms with van der Waals surface area (Å²) in [5, 5.41) is 4.43. The number of fused-ring (bicyclic) bond motifs is 6. The molecule has 0 fully saturated rings. The zero-order valence-electron chi connectivity index (χ0n) is 29.4. The lowest BCUT2D eigenvalue weighted by atomic mass is 9.59. The highest BCUT2D eigenvalue weighted by Crippen LogP contribution is 2.37. The minimum absolute atomic E-state index is 0.162. The van der Waals surface area contributed by atoms with Gasteiger partial charge in [0.25, 0.3) is 0 Å². The van der Waals surface area contributed by atoms with Crippen LogP contribution in [0.5, 0.6) is 0 Å². The van der Waals surface area contributed by atoms with Gasteiger partial charge in [0.05, 0.1) is 11.0 Å². The van der Waals surface area contributed by atoms with Gasteiger partial charge in [-0.05, 0) is 59.7 Å². The van der Waals surface area contributed by atoms with E-state index < -0.39 is 0 Å². The molecular formula is C45H23B5N4O. The van der Waals surface area contributed by atoms with Gasteiger partial charge in [0.15, 0.2) is 17.5 Å². The SMILES string of the molecule is [B]c1c([B])c([B])c(-c2cccc(-c3nc(-c4ccccc4)nc(-c4ccc5c(c4)oc4ccc(-n6c7ccccc7c7ccccc76)cc45)n3)c2)c([B])c1[B]. The summed E-state index contributed by atoms with van der Waals surface area (Å²) < 4.78 is 8.78. The van der Waals surface area contributed by atoms with Crippen molar-refractivity contribution in [2.75, 3.05) is 0 Å². The molecule has 0 N–H and O–H groups in total. The molecule has 0 amide bonds. The van der Waals surface area contributed by atoms with Crippen LogP contribution in [0, 0.1) is 0 Å². The Kier molecular flexibility index (Phi) is 7.70.